The molecule has 0 spiro atoms. The van der Waals surface area contributed by atoms with E-state index in [2.05, 4.69) is 5.43 Å². The van der Waals surface area contributed by atoms with Crippen molar-refractivity contribution in [1.29, 1.82) is 0 Å². The smallest absolute Gasteiger partial charge is 0.285 e. The van der Waals surface area contributed by atoms with Gasteiger partial charge in [0.1, 0.15) is 18.2 Å². The van der Waals surface area contributed by atoms with Crippen molar-refractivity contribution in [1.82, 2.24) is 10.4 Å². The van der Waals surface area contributed by atoms with Crippen molar-refractivity contribution in [3.63, 3.8) is 0 Å². The van der Waals surface area contributed by atoms with E-state index in [1.54, 1.807) is 66.7 Å². The number of rotatable bonds is 8. The van der Waals surface area contributed by atoms with E-state index in [0.717, 1.165) is 16.8 Å². The molecule has 0 aliphatic carbocycles. The molecular weight excluding hydrogens is 503 g/mol. The number of ether oxygens (including phenoxy) is 3. The molecule has 1 saturated heterocycles. The molecule has 1 heterocycles. The van der Waals surface area contributed by atoms with Crippen molar-refractivity contribution in [2.75, 3.05) is 14.2 Å². The summed E-state index contributed by atoms with van der Waals surface area (Å²) in [4.78, 5) is 25.8. The van der Waals surface area contributed by atoms with E-state index in [-0.39, 0.29) is 16.7 Å². The van der Waals surface area contributed by atoms with Crippen molar-refractivity contribution in [2.24, 2.45) is 0 Å². The number of nitrogens with zero attached hydrogens (tertiary/aromatic N) is 1. The van der Waals surface area contributed by atoms with E-state index in [1.807, 2.05) is 0 Å². The van der Waals surface area contributed by atoms with Gasteiger partial charge in [0.15, 0.2) is 15.8 Å². The van der Waals surface area contributed by atoms with Crippen molar-refractivity contribution in [2.45, 2.75) is 6.61 Å². The minimum absolute atomic E-state index is 0.0366. The highest BCUT2D eigenvalue weighted by molar-refractivity contribution is 8.26. The second-order valence-corrected chi connectivity index (χ2v) is 9.15. The van der Waals surface area contributed by atoms with Crippen molar-refractivity contribution in [3.05, 3.63) is 94.1 Å². The van der Waals surface area contributed by atoms with E-state index < -0.39 is 11.8 Å². The number of hydrazine groups is 1. The Labute approximate surface area is 216 Å². The molecule has 2 amide bonds. The number of amides is 2. The summed E-state index contributed by atoms with van der Waals surface area (Å²) in [6, 6.07) is 17.9. The number of benzene rings is 3. The molecule has 3 aromatic carbocycles. The molecule has 1 fully saturated rings. The average molecular weight is 525 g/mol. The summed E-state index contributed by atoms with van der Waals surface area (Å²) in [5, 5.41) is 1.04. The second-order valence-electron chi connectivity index (χ2n) is 7.48. The van der Waals surface area contributed by atoms with Crippen LogP contribution in [-0.4, -0.2) is 35.4 Å². The summed E-state index contributed by atoms with van der Waals surface area (Å²) in [5.41, 5.74) is 3.97. The van der Waals surface area contributed by atoms with Crippen LogP contribution in [0.3, 0.4) is 0 Å². The topological polar surface area (TPSA) is 77.1 Å². The van der Waals surface area contributed by atoms with Crippen LogP contribution in [0.5, 0.6) is 17.2 Å². The van der Waals surface area contributed by atoms with E-state index in [4.69, 9.17) is 26.4 Å². The molecule has 0 radical (unpaired) electrons. The van der Waals surface area contributed by atoms with Crippen molar-refractivity contribution < 1.29 is 28.2 Å². The maximum atomic E-state index is 13.9. The molecule has 7 nitrogen and oxygen atoms in total. The molecular formula is C26H21FN2O5S2. The fraction of sp³-hybridized carbons (Fsp3) is 0.115. The van der Waals surface area contributed by atoms with Crippen LogP contribution in [0.25, 0.3) is 6.08 Å². The van der Waals surface area contributed by atoms with Crippen LogP contribution < -0.4 is 19.6 Å². The van der Waals surface area contributed by atoms with E-state index in [0.29, 0.717) is 38.8 Å². The Bertz CT molecular complexity index is 1340. The van der Waals surface area contributed by atoms with Gasteiger partial charge in [0.05, 0.1) is 19.1 Å². The number of nitrogens with one attached hydrogen (secondary N) is 1. The van der Waals surface area contributed by atoms with Gasteiger partial charge in [-0.2, -0.15) is 5.01 Å². The lowest BCUT2D eigenvalue weighted by Crippen LogP contribution is -2.44. The lowest BCUT2D eigenvalue weighted by Gasteiger charge is -2.15. The Kier molecular flexibility index (Phi) is 7.87. The predicted octanol–water partition coefficient (Wildman–Crippen LogP) is 4.97. The van der Waals surface area contributed by atoms with E-state index in [1.165, 1.54) is 20.3 Å². The molecule has 0 atom stereocenters. The lowest BCUT2D eigenvalue weighted by atomic mass is 10.1. The minimum atomic E-state index is -0.478. The van der Waals surface area contributed by atoms with Gasteiger partial charge < -0.3 is 14.2 Å². The summed E-state index contributed by atoms with van der Waals surface area (Å²) in [7, 11) is 3.02. The van der Waals surface area contributed by atoms with E-state index in [9.17, 15) is 14.0 Å². The van der Waals surface area contributed by atoms with Crippen LogP contribution in [0, 0.1) is 5.82 Å². The van der Waals surface area contributed by atoms with Gasteiger partial charge in [-0.15, -0.1) is 0 Å². The number of halogens is 1. The Hall–Kier alpha value is -3.89. The number of methoxy groups -OCH3 is 2. The van der Waals surface area contributed by atoms with Crippen LogP contribution >= 0.6 is 24.0 Å². The molecule has 0 saturated carbocycles. The number of carbonyl (C=O) groups excluding carboxylic acids is 2. The molecule has 1 N–H and O–H groups in total. The fourth-order valence-corrected chi connectivity index (χ4v) is 4.47. The van der Waals surface area contributed by atoms with Gasteiger partial charge in [-0.05, 0) is 66.3 Å². The standard InChI is InChI=1S/C26H21FN2O5S2/c1-32-19-10-8-17(9-11-19)24(30)28-29-25(31)23(36-26(29)35)14-16-7-12-21(22(13-16)33-2)34-15-18-5-3-4-6-20(18)27/h3-14H,15H2,1-2H3,(H,28,30)/b23-14+. The molecule has 36 heavy (non-hydrogen) atoms. The normalized spacial score (nSPS) is 14.2. The van der Waals surface area contributed by atoms with Crippen LogP contribution in [0.15, 0.2) is 71.6 Å². The molecule has 3 aromatic rings. The average Bonchev–Trinajstić information content (AvgIpc) is 3.15. The number of carbonyl (C=O) groups is 2. The van der Waals surface area contributed by atoms with Crippen molar-refractivity contribution in [3.8, 4) is 17.2 Å². The van der Waals surface area contributed by atoms with Crippen LogP contribution in [-0.2, 0) is 11.4 Å². The highest BCUT2D eigenvalue weighted by Crippen LogP contribution is 2.34. The van der Waals surface area contributed by atoms with E-state index >= 15 is 0 Å². The Balaban J connectivity index is 1.46. The van der Waals surface area contributed by atoms with Crippen LogP contribution in [0.1, 0.15) is 21.5 Å². The summed E-state index contributed by atoms with van der Waals surface area (Å²) >= 11 is 6.36. The quantitative estimate of drug-likeness (QED) is 0.329. The SMILES string of the molecule is COc1ccc(C(=O)NN2C(=O)/C(=C\c3ccc(OCc4ccccc4F)c(OC)c3)SC2=S)cc1. The molecule has 1 aliphatic heterocycles. The third-order valence-corrected chi connectivity index (χ3v) is 6.49. The third-order valence-electron chi connectivity index (χ3n) is 5.19. The van der Waals surface area contributed by atoms with Gasteiger partial charge >= 0.3 is 0 Å². The fourth-order valence-electron chi connectivity index (χ4n) is 3.29. The van der Waals surface area contributed by atoms with Crippen molar-refractivity contribution >= 4 is 46.2 Å². The molecule has 0 bridgehead atoms. The van der Waals surface area contributed by atoms with Gasteiger partial charge in [-0.1, -0.05) is 36.0 Å². The third kappa shape index (κ3) is 5.67. The van der Waals surface area contributed by atoms with Gasteiger partial charge in [0.2, 0.25) is 0 Å². The molecule has 10 heteroatoms. The predicted molar refractivity (Wildman–Crippen MR) is 139 cm³/mol. The van der Waals surface area contributed by atoms with Gasteiger partial charge in [-0.3, -0.25) is 15.0 Å². The first-order valence-electron chi connectivity index (χ1n) is 10.7. The monoisotopic (exact) mass is 524 g/mol. The lowest BCUT2D eigenvalue weighted by molar-refractivity contribution is -0.123. The molecule has 0 aromatic heterocycles. The Morgan fingerprint density at radius 3 is 2.50 bits per heavy atom. The summed E-state index contributed by atoms with van der Waals surface area (Å²) in [5.74, 6) is 0.174. The summed E-state index contributed by atoms with van der Waals surface area (Å²) < 4.78 is 30.3. The first-order chi connectivity index (χ1) is 17.4. The largest absolute Gasteiger partial charge is 0.497 e. The molecule has 184 valence electrons. The van der Waals surface area contributed by atoms with Gasteiger partial charge in [0, 0.05) is 11.1 Å². The Morgan fingerprint density at radius 1 is 1.06 bits per heavy atom. The summed E-state index contributed by atoms with van der Waals surface area (Å²) in [6.07, 6.45) is 1.64. The zero-order valence-corrected chi connectivity index (χ0v) is 21.0. The van der Waals surface area contributed by atoms with Crippen LogP contribution in [0.2, 0.25) is 0 Å². The number of thiocarbonyl (C=S) groups is 1. The highest BCUT2D eigenvalue weighted by atomic mass is 32.2. The maximum Gasteiger partial charge on any atom is 0.285 e. The maximum absolute atomic E-state index is 13.9. The molecule has 0 unspecified atom stereocenters. The second kappa shape index (κ2) is 11.2. The number of hydrogen-bond acceptors (Lipinski definition) is 7. The number of hydrogen-bond donors (Lipinski definition) is 1. The van der Waals surface area contributed by atoms with Gasteiger partial charge in [0.25, 0.3) is 11.8 Å². The molecule has 1 aliphatic rings. The zero-order valence-electron chi connectivity index (χ0n) is 19.3. The number of thioether (sulfide) groups is 1. The first-order valence-corrected chi connectivity index (χ1v) is 11.9. The summed E-state index contributed by atoms with van der Waals surface area (Å²) in [6.45, 7) is 0.0366. The molecule has 4 rings (SSSR count). The zero-order chi connectivity index (χ0) is 25.7. The minimum Gasteiger partial charge on any atom is -0.497 e. The first kappa shape index (κ1) is 25.2. The van der Waals surface area contributed by atoms with Crippen LogP contribution in [0.4, 0.5) is 4.39 Å². The van der Waals surface area contributed by atoms with Gasteiger partial charge in [-0.25, -0.2) is 4.39 Å². The Morgan fingerprint density at radius 2 is 1.81 bits per heavy atom. The highest BCUT2D eigenvalue weighted by Gasteiger charge is 2.33.